The normalized spacial score (nSPS) is 19.3. The molecule has 1 saturated heterocycles. The molecule has 1 aromatic heterocycles. The van der Waals surface area contributed by atoms with Crippen LogP contribution in [0.3, 0.4) is 0 Å². The Kier molecular flexibility index (Phi) is 6.67. The molecule has 1 unspecified atom stereocenters. The van der Waals surface area contributed by atoms with Gasteiger partial charge in [0.1, 0.15) is 6.10 Å². The van der Waals surface area contributed by atoms with Gasteiger partial charge in [-0.1, -0.05) is 30.3 Å². The summed E-state index contributed by atoms with van der Waals surface area (Å²) in [6.45, 7) is 3.63. The van der Waals surface area contributed by atoms with Crippen LogP contribution in [-0.4, -0.2) is 71.4 Å². The van der Waals surface area contributed by atoms with Crippen molar-refractivity contribution in [3.05, 3.63) is 53.6 Å². The number of aromatic nitrogens is 2. The molecule has 0 saturated carbocycles. The van der Waals surface area contributed by atoms with E-state index in [1.165, 1.54) is 0 Å². The molecule has 3 heterocycles. The van der Waals surface area contributed by atoms with Gasteiger partial charge < -0.3 is 24.4 Å². The largest absolute Gasteiger partial charge is 0.365 e. The number of imidazole rings is 1. The summed E-state index contributed by atoms with van der Waals surface area (Å²) in [5.74, 6) is -0.00672. The van der Waals surface area contributed by atoms with E-state index in [0.717, 1.165) is 17.8 Å². The van der Waals surface area contributed by atoms with Crippen LogP contribution in [0.1, 0.15) is 40.7 Å². The first-order valence-electron chi connectivity index (χ1n) is 10.9. The summed E-state index contributed by atoms with van der Waals surface area (Å²) >= 11 is 0. The molecule has 0 radical (unpaired) electrons. The third-order valence-electron chi connectivity index (χ3n) is 6.12. The van der Waals surface area contributed by atoms with Crippen molar-refractivity contribution in [3.63, 3.8) is 0 Å². The lowest BCUT2D eigenvalue weighted by molar-refractivity contribution is -0.126. The van der Waals surface area contributed by atoms with Gasteiger partial charge in [-0.05, 0) is 32.5 Å². The Labute approximate surface area is 183 Å². The minimum Gasteiger partial charge on any atom is -0.365 e. The number of carbonyl (C=O) groups is 2. The van der Waals surface area contributed by atoms with Crippen LogP contribution in [0.4, 0.5) is 0 Å². The Morgan fingerprint density at radius 3 is 2.65 bits per heavy atom. The maximum atomic E-state index is 13.1. The summed E-state index contributed by atoms with van der Waals surface area (Å²) in [6, 6.07) is 10.1. The lowest BCUT2D eigenvalue weighted by atomic mass is 9.95. The summed E-state index contributed by atoms with van der Waals surface area (Å²) in [7, 11) is 3.97. The average molecular weight is 426 g/mol. The smallest absolute Gasteiger partial charge is 0.274 e. The zero-order valence-corrected chi connectivity index (χ0v) is 18.3. The zero-order valence-electron chi connectivity index (χ0n) is 18.3. The number of amides is 2. The number of piperidine rings is 1. The molecule has 8 nitrogen and oxygen atoms in total. The molecule has 4 rings (SSSR count). The van der Waals surface area contributed by atoms with Crippen LogP contribution in [0.2, 0.25) is 0 Å². The summed E-state index contributed by atoms with van der Waals surface area (Å²) in [4.78, 5) is 33.7. The molecule has 2 aromatic rings. The fourth-order valence-corrected chi connectivity index (χ4v) is 4.22. The number of benzene rings is 1. The van der Waals surface area contributed by atoms with Gasteiger partial charge >= 0.3 is 0 Å². The number of nitrogens with zero attached hydrogens (tertiary/aromatic N) is 4. The molecular formula is C23H31N5O3. The van der Waals surface area contributed by atoms with E-state index in [0.29, 0.717) is 51.3 Å². The molecule has 1 N–H and O–H groups in total. The fraction of sp³-hybridized carbons (Fsp3) is 0.522. The van der Waals surface area contributed by atoms with Crippen LogP contribution in [-0.2, 0) is 22.7 Å². The first kappa shape index (κ1) is 21.5. The van der Waals surface area contributed by atoms with E-state index in [9.17, 15) is 9.59 Å². The van der Waals surface area contributed by atoms with Gasteiger partial charge in [0, 0.05) is 32.1 Å². The highest BCUT2D eigenvalue weighted by atomic mass is 16.5. The van der Waals surface area contributed by atoms with Gasteiger partial charge in [-0.15, -0.1) is 0 Å². The minimum atomic E-state index is -0.0676. The van der Waals surface area contributed by atoms with Crippen molar-refractivity contribution >= 4 is 11.8 Å². The number of carbonyl (C=O) groups excluding carboxylic acids is 2. The quantitative estimate of drug-likeness (QED) is 0.762. The van der Waals surface area contributed by atoms with Crippen molar-refractivity contribution in [2.24, 2.45) is 5.92 Å². The van der Waals surface area contributed by atoms with Crippen LogP contribution in [0.25, 0.3) is 0 Å². The topological polar surface area (TPSA) is 79.7 Å². The van der Waals surface area contributed by atoms with E-state index in [-0.39, 0.29) is 23.8 Å². The van der Waals surface area contributed by atoms with Crippen molar-refractivity contribution < 1.29 is 14.3 Å². The number of ether oxygens (including phenoxy) is 1. The summed E-state index contributed by atoms with van der Waals surface area (Å²) < 4.78 is 8.07. The number of rotatable bonds is 6. The molecule has 2 amide bonds. The maximum absolute atomic E-state index is 13.1. The Morgan fingerprint density at radius 2 is 1.94 bits per heavy atom. The molecule has 31 heavy (non-hydrogen) atoms. The highest BCUT2D eigenvalue weighted by Gasteiger charge is 2.32. The van der Waals surface area contributed by atoms with E-state index in [1.54, 1.807) is 6.33 Å². The lowest BCUT2D eigenvalue weighted by Gasteiger charge is -2.31. The first-order chi connectivity index (χ1) is 15.0. The van der Waals surface area contributed by atoms with Gasteiger partial charge in [-0.2, -0.15) is 0 Å². The molecule has 0 aliphatic carbocycles. The van der Waals surface area contributed by atoms with Gasteiger partial charge in [0.2, 0.25) is 5.91 Å². The average Bonchev–Trinajstić information content (AvgIpc) is 3.22. The van der Waals surface area contributed by atoms with Gasteiger partial charge in [0.15, 0.2) is 5.69 Å². The number of likely N-dealkylation sites (tertiary alicyclic amines) is 1. The standard InChI is InChI=1S/C23H31N5O3/c1-26(2)13-10-24-22(29)18-8-11-27(12-9-18)23(30)21-19-15-31-20(14-28(19)16-25-21)17-6-4-3-5-7-17/h3-7,16,18,20H,8-15H2,1-2H3,(H,24,29). The monoisotopic (exact) mass is 425 g/mol. The Balaban J connectivity index is 1.32. The molecule has 166 valence electrons. The lowest BCUT2D eigenvalue weighted by Crippen LogP contribution is -2.44. The molecule has 0 bridgehead atoms. The van der Waals surface area contributed by atoms with Crippen molar-refractivity contribution in [1.82, 2.24) is 24.7 Å². The molecule has 1 fully saturated rings. The number of hydrogen-bond acceptors (Lipinski definition) is 5. The van der Waals surface area contributed by atoms with E-state index >= 15 is 0 Å². The van der Waals surface area contributed by atoms with Crippen LogP contribution in [0, 0.1) is 5.92 Å². The molecule has 1 atom stereocenters. The van der Waals surface area contributed by atoms with Crippen molar-refractivity contribution in [2.75, 3.05) is 40.3 Å². The van der Waals surface area contributed by atoms with Gasteiger partial charge in [0.25, 0.3) is 5.91 Å². The number of nitrogens with one attached hydrogen (secondary N) is 1. The second-order valence-corrected chi connectivity index (χ2v) is 8.56. The van der Waals surface area contributed by atoms with Crippen LogP contribution < -0.4 is 5.32 Å². The SMILES string of the molecule is CN(C)CCNC(=O)C1CCN(C(=O)c2ncn3c2COC(c2ccccc2)C3)CC1. The van der Waals surface area contributed by atoms with Crippen LogP contribution >= 0.6 is 0 Å². The molecule has 1 aromatic carbocycles. The van der Waals surface area contributed by atoms with E-state index in [2.05, 4.69) is 22.4 Å². The first-order valence-corrected chi connectivity index (χ1v) is 10.9. The number of hydrogen-bond donors (Lipinski definition) is 1. The Bertz CT molecular complexity index is 903. The van der Waals surface area contributed by atoms with Gasteiger partial charge in [-0.25, -0.2) is 4.98 Å². The van der Waals surface area contributed by atoms with Gasteiger partial charge in [0.05, 0.1) is 25.2 Å². The predicted molar refractivity (Wildman–Crippen MR) is 116 cm³/mol. The van der Waals surface area contributed by atoms with E-state index in [1.807, 2.05) is 46.7 Å². The number of likely N-dealkylation sites (N-methyl/N-ethyl adjacent to an activating group) is 1. The third-order valence-corrected chi connectivity index (χ3v) is 6.12. The molecule has 2 aliphatic heterocycles. The highest BCUT2D eigenvalue weighted by Crippen LogP contribution is 2.28. The molecule has 2 aliphatic rings. The second kappa shape index (κ2) is 9.62. The van der Waals surface area contributed by atoms with Crippen LogP contribution in [0.15, 0.2) is 36.7 Å². The summed E-state index contributed by atoms with van der Waals surface area (Å²) in [5.41, 5.74) is 2.43. The van der Waals surface area contributed by atoms with Crippen LogP contribution in [0.5, 0.6) is 0 Å². The van der Waals surface area contributed by atoms with E-state index in [4.69, 9.17) is 4.74 Å². The van der Waals surface area contributed by atoms with E-state index < -0.39 is 0 Å². The van der Waals surface area contributed by atoms with Crippen molar-refractivity contribution in [3.8, 4) is 0 Å². The van der Waals surface area contributed by atoms with Crippen molar-refractivity contribution in [1.29, 1.82) is 0 Å². The Morgan fingerprint density at radius 1 is 1.19 bits per heavy atom. The maximum Gasteiger partial charge on any atom is 0.274 e. The molecular weight excluding hydrogens is 394 g/mol. The summed E-state index contributed by atoms with van der Waals surface area (Å²) in [6.07, 6.45) is 3.07. The number of fused-ring (bicyclic) bond motifs is 1. The third kappa shape index (κ3) is 4.97. The fourth-order valence-electron chi connectivity index (χ4n) is 4.22. The predicted octanol–water partition coefficient (Wildman–Crippen LogP) is 1.68. The Hall–Kier alpha value is -2.71. The minimum absolute atomic E-state index is 0.0305. The van der Waals surface area contributed by atoms with Gasteiger partial charge in [-0.3, -0.25) is 9.59 Å². The molecule has 8 heteroatoms. The summed E-state index contributed by atoms with van der Waals surface area (Å²) in [5, 5.41) is 3.00. The second-order valence-electron chi connectivity index (χ2n) is 8.56. The highest BCUT2D eigenvalue weighted by molar-refractivity contribution is 5.93. The van der Waals surface area contributed by atoms with Crippen molar-refractivity contribution in [2.45, 2.75) is 32.1 Å². The molecule has 0 spiro atoms. The zero-order chi connectivity index (χ0) is 21.8.